The third-order valence-corrected chi connectivity index (χ3v) is 8.36. The maximum absolute atomic E-state index is 13.8. The van der Waals surface area contributed by atoms with Crippen molar-refractivity contribution in [3.8, 4) is 0 Å². The number of carbonyl (C=O) groups excluding carboxylic acids is 7. The van der Waals surface area contributed by atoms with Crippen LogP contribution in [0.5, 0.6) is 0 Å². The predicted octanol–water partition coefficient (Wildman–Crippen LogP) is 1.87. The Balaban J connectivity index is 3.18. The van der Waals surface area contributed by atoms with Gasteiger partial charge in [-0.25, -0.2) is 0 Å². The number of hydrogen-bond acceptors (Lipinski definition) is 8. The van der Waals surface area contributed by atoms with Crippen LogP contribution in [0.1, 0.15) is 106 Å². The lowest BCUT2D eigenvalue weighted by molar-refractivity contribution is -0.141. The molecule has 0 aromatic heterocycles. The lowest BCUT2D eigenvalue weighted by Crippen LogP contribution is -2.62. The molecule has 0 radical (unpaired) electrons. The van der Waals surface area contributed by atoms with Crippen molar-refractivity contribution in [3.05, 3.63) is 35.9 Å². The second-order valence-corrected chi connectivity index (χ2v) is 15.3. The molecule has 0 aliphatic heterocycles. The molecule has 286 valence electrons. The molecule has 6 amide bonds. The molecular weight excluding hydrogens is 654 g/mol. The molecule has 0 heterocycles. The molecule has 5 unspecified atom stereocenters. The Kier molecular flexibility index (Phi) is 18.0. The van der Waals surface area contributed by atoms with Gasteiger partial charge in [-0.15, -0.1) is 0 Å². The van der Waals surface area contributed by atoms with Crippen molar-refractivity contribution in [2.24, 2.45) is 16.6 Å². The Morgan fingerprint density at radius 2 is 1.27 bits per heavy atom. The van der Waals surface area contributed by atoms with E-state index in [1.807, 2.05) is 37.3 Å². The van der Waals surface area contributed by atoms with E-state index >= 15 is 0 Å². The van der Waals surface area contributed by atoms with Crippen LogP contribution in [-0.2, 0) is 33.6 Å². The summed E-state index contributed by atoms with van der Waals surface area (Å²) in [6.45, 7) is 14.3. The number of rotatable bonds is 19. The van der Waals surface area contributed by atoms with Crippen LogP contribution in [0.4, 0.5) is 0 Å². The normalized spacial score (nSPS) is 14.5. The summed E-state index contributed by atoms with van der Waals surface area (Å²) in [5.41, 5.74) is 4.76. The summed E-state index contributed by atoms with van der Waals surface area (Å²) in [6, 6.07) is 3.79. The summed E-state index contributed by atoms with van der Waals surface area (Å²) in [6.07, 6.45) is 2.46. The third kappa shape index (κ3) is 15.2. The molecule has 0 bridgehead atoms. The van der Waals surface area contributed by atoms with E-state index in [1.54, 1.807) is 41.5 Å². The quantitative estimate of drug-likeness (QED) is 0.0918. The number of ketones is 1. The summed E-state index contributed by atoms with van der Waals surface area (Å²) in [5.74, 6) is -4.81. The fourth-order valence-corrected chi connectivity index (χ4v) is 5.15. The number of unbranched alkanes of at least 4 members (excludes halogenated alkanes) is 2. The topological polar surface area (TPSA) is 209 Å². The summed E-state index contributed by atoms with van der Waals surface area (Å²) in [7, 11) is 2.98. The molecule has 14 heteroatoms. The number of amides is 6. The molecule has 7 N–H and O–H groups in total. The van der Waals surface area contributed by atoms with Crippen molar-refractivity contribution in [2.45, 2.75) is 124 Å². The van der Waals surface area contributed by atoms with Crippen LogP contribution < -0.4 is 32.3 Å². The summed E-state index contributed by atoms with van der Waals surface area (Å²) < 4.78 is 0. The lowest BCUT2D eigenvalue weighted by Gasteiger charge is -2.36. The van der Waals surface area contributed by atoms with E-state index < -0.39 is 82.8 Å². The molecule has 1 rings (SSSR count). The van der Waals surface area contributed by atoms with Gasteiger partial charge in [0.2, 0.25) is 35.3 Å². The fraction of sp³-hybridized carbons (Fsp3) is 0.649. The summed E-state index contributed by atoms with van der Waals surface area (Å²) >= 11 is 0. The average molecular weight is 716 g/mol. The first-order valence-electron chi connectivity index (χ1n) is 17.6. The Labute approximate surface area is 303 Å². The van der Waals surface area contributed by atoms with Gasteiger partial charge < -0.3 is 37.2 Å². The van der Waals surface area contributed by atoms with Gasteiger partial charge in [-0.05, 0) is 49.1 Å². The number of nitrogens with two attached hydrogens (primary N) is 1. The number of nitrogens with one attached hydrogen (secondary N) is 5. The van der Waals surface area contributed by atoms with Crippen LogP contribution in [0, 0.1) is 10.8 Å². The van der Waals surface area contributed by atoms with E-state index in [1.165, 1.54) is 25.9 Å². The van der Waals surface area contributed by atoms with E-state index in [9.17, 15) is 33.6 Å². The molecule has 14 nitrogen and oxygen atoms in total. The molecule has 0 aliphatic rings. The minimum absolute atomic E-state index is 0.217. The van der Waals surface area contributed by atoms with Crippen LogP contribution in [0.3, 0.4) is 0 Å². The summed E-state index contributed by atoms with van der Waals surface area (Å²) in [4.78, 5) is 93.7. The molecule has 0 spiro atoms. The van der Waals surface area contributed by atoms with E-state index in [2.05, 4.69) is 26.6 Å². The van der Waals surface area contributed by atoms with Crippen LogP contribution in [0.2, 0.25) is 0 Å². The van der Waals surface area contributed by atoms with Gasteiger partial charge in [-0.2, -0.15) is 0 Å². The highest BCUT2D eigenvalue weighted by molar-refractivity contribution is 6.38. The average Bonchev–Trinajstić information content (AvgIpc) is 3.04. The highest BCUT2D eigenvalue weighted by Gasteiger charge is 2.40. The van der Waals surface area contributed by atoms with Gasteiger partial charge in [-0.1, -0.05) is 85.2 Å². The minimum Gasteiger partial charge on any atom is -0.349 e. The van der Waals surface area contributed by atoms with Gasteiger partial charge in [0.15, 0.2) is 0 Å². The number of nitrogens with zero attached hydrogens (tertiary/aromatic N) is 1. The standard InChI is InChI=1S/C37H61N7O7/c1-11-25(24-18-14-12-15-19-24)40-33(49)29(47)23(2)39-32(48)26(22-28(46)44(9)10)41-34(50)31(37(6,7)8)43-35(51)30(36(3,4)5)42-27(45)20-16-13-17-21-38/h12,14-15,18-19,23,25-26,30-31H,11,13,16-17,20-22,38H2,1-10H3,(H,39,48)(H,40,49)(H,41,50)(H,42,45)(H,43,51). The van der Waals surface area contributed by atoms with Crippen LogP contribution >= 0.6 is 0 Å². The van der Waals surface area contributed by atoms with Gasteiger partial charge in [0.05, 0.1) is 18.5 Å². The fourth-order valence-electron chi connectivity index (χ4n) is 5.15. The van der Waals surface area contributed by atoms with Gasteiger partial charge >= 0.3 is 0 Å². The maximum Gasteiger partial charge on any atom is 0.290 e. The third-order valence-electron chi connectivity index (χ3n) is 8.36. The van der Waals surface area contributed by atoms with Crippen LogP contribution in [0.25, 0.3) is 0 Å². The summed E-state index contributed by atoms with van der Waals surface area (Å²) in [5, 5.41) is 13.3. The first-order valence-corrected chi connectivity index (χ1v) is 17.6. The number of carbonyl (C=O) groups is 7. The second kappa shape index (κ2) is 20.5. The van der Waals surface area contributed by atoms with Crippen molar-refractivity contribution in [1.29, 1.82) is 0 Å². The van der Waals surface area contributed by atoms with Crippen LogP contribution in [0.15, 0.2) is 30.3 Å². The highest BCUT2D eigenvalue weighted by atomic mass is 16.2. The van der Waals surface area contributed by atoms with Crippen molar-refractivity contribution in [2.75, 3.05) is 20.6 Å². The Morgan fingerprint density at radius 3 is 1.78 bits per heavy atom. The Morgan fingerprint density at radius 1 is 0.725 bits per heavy atom. The lowest BCUT2D eigenvalue weighted by atomic mass is 9.83. The van der Waals surface area contributed by atoms with E-state index in [0.29, 0.717) is 19.4 Å². The number of Topliss-reactive ketones (excluding diaryl/α,β-unsaturated/α-hetero) is 1. The number of benzene rings is 1. The van der Waals surface area contributed by atoms with Gasteiger partial charge in [0.25, 0.3) is 5.91 Å². The van der Waals surface area contributed by atoms with E-state index in [-0.39, 0.29) is 12.3 Å². The minimum atomic E-state index is -1.45. The molecule has 51 heavy (non-hydrogen) atoms. The van der Waals surface area contributed by atoms with E-state index in [4.69, 9.17) is 5.73 Å². The zero-order valence-corrected chi connectivity index (χ0v) is 32.1. The first kappa shape index (κ1) is 44.7. The maximum atomic E-state index is 13.8. The Bertz CT molecular complexity index is 1350. The zero-order chi connectivity index (χ0) is 39.1. The monoisotopic (exact) mass is 715 g/mol. The zero-order valence-electron chi connectivity index (χ0n) is 32.1. The molecule has 5 atom stereocenters. The molecule has 0 aliphatic carbocycles. The highest BCUT2D eigenvalue weighted by Crippen LogP contribution is 2.24. The molecular formula is C37H61N7O7. The predicted molar refractivity (Wildman–Crippen MR) is 196 cm³/mol. The molecule has 1 aromatic carbocycles. The smallest absolute Gasteiger partial charge is 0.290 e. The largest absolute Gasteiger partial charge is 0.349 e. The molecule has 0 fully saturated rings. The first-order chi connectivity index (χ1) is 23.6. The van der Waals surface area contributed by atoms with Crippen LogP contribution in [-0.4, -0.2) is 90.9 Å². The SMILES string of the molecule is CCC(NC(=O)C(=O)C(C)NC(=O)C(CC(=O)N(C)C)NC(=O)C(NC(=O)C(NC(=O)CCCCCN)C(C)(C)C)C(C)(C)C)c1ccccc1. The van der Waals surface area contributed by atoms with Crippen molar-refractivity contribution >= 4 is 41.2 Å². The molecule has 0 saturated carbocycles. The van der Waals surface area contributed by atoms with Gasteiger partial charge in [0.1, 0.15) is 18.1 Å². The number of hydrogen-bond donors (Lipinski definition) is 6. The molecule has 1 aromatic rings. The van der Waals surface area contributed by atoms with Gasteiger partial charge in [0, 0.05) is 20.5 Å². The van der Waals surface area contributed by atoms with Crippen molar-refractivity contribution in [3.63, 3.8) is 0 Å². The van der Waals surface area contributed by atoms with Crippen molar-refractivity contribution < 1.29 is 33.6 Å². The van der Waals surface area contributed by atoms with Gasteiger partial charge in [-0.3, -0.25) is 33.6 Å². The Hall–Kier alpha value is -4.33. The molecule has 0 saturated heterocycles. The van der Waals surface area contributed by atoms with Crippen molar-refractivity contribution in [1.82, 2.24) is 31.5 Å². The second-order valence-electron chi connectivity index (χ2n) is 15.3. The van der Waals surface area contributed by atoms with E-state index in [0.717, 1.165) is 18.4 Å².